The third kappa shape index (κ3) is 2.53. The number of hydrogen-bond acceptors (Lipinski definition) is 2. The molecule has 1 aliphatic rings. The van der Waals surface area contributed by atoms with Gasteiger partial charge in [-0.2, -0.15) is 0 Å². The number of fused-ring (bicyclic) bond motifs is 4. The van der Waals surface area contributed by atoms with E-state index in [4.69, 9.17) is 0 Å². The number of para-hydroxylation sites is 4. The van der Waals surface area contributed by atoms with Crippen LogP contribution in [0, 0.1) is 6.92 Å². The van der Waals surface area contributed by atoms with E-state index in [9.17, 15) is 0 Å². The lowest BCUT2D eigenvalue weighted by Gasteiger charge is -2.29. The van der Waals surface area contributed by atoms with Gasteiger partial charge >= 0.3 is 0 Å². The summed E-state index contributed by atoms with van der Waals surface area (Å²) in [4.78, 5) is 4.82. The number of anilines is 3. The fourth-order valence-electron chi connectivity index (χ4n) is 5.10. The normalized spacial score (nSPS) is 15.8. The molecule has 0 saturated carbocycles. The molecule has 1 aliphatic heterocycles. The first-order valence-corrected chi connectivity index (χ1v) is 10.9. The van der Waals surface area contributed by atoms with Crippen molar-refractivity contribution in [2.24, 2.45) is 0 Å². The summed E-state index contributed by atoms with van der Waals surface area (Å²) in [6.07, 6.45) is 0.260. The van der Waals surface area contributed by atoms with Gasteiger partial charge in [0.1, 0.15) is 6.17 Å². The predicted octanol–water partition coefficient (Wildman–Crippen LogP) is 7.03. The number of hydrogen-bond donors (Lipinski definition) is 0. The third-order valence-electron chi connectivity index (χ3n) is 6.72. The molecule has 31 heavy (non-hydrogen) atoms. The molecule has 2 heterocycles. The zero-order chi connectivity index (χ0) is 21.1. The van der Waals surface area contributed by atoms with E-state index in [0.717, 1.165) is 0 Å². The molecule has 1 aromatic heterocycles. The summed E-state index contributed by atoms with van der Waals surface area (Å²) in [7, 11) is 2.18. The third-order valence-corrected chi connectivity index (χ3v) is 6.72. The fraction of sp³-hybridized carbons (Fsp3) is 0.143. The molecule has 0 saturated heterocycles. The summed E-state index contributed by atoms with van der Waals surface area (Å²) >= 11 is 0. The van der Waals surface area contributed by atoms with Gasteiger partial charge in [0.2, 0.25) is 0 Å². The van der Waals surface area contributed by atoms with Gasteiger partial charge in [-0.3, -0.25) is 0 Å². The van der Waals surface area contributed by atoms with Crippen LogP contribution in [-0.2, 0) is 0 Å². The predicted molar refractivity (Wildman–Crippen MR) is 132 cm³/mol. The summed E-state index contributed by atoms with van der Waals surface area (Å²) in [6, 6.07) is 32.8. The molecule has 0 radical (unpaired) electrons. The number of rotatable bonds is 2. The molecule has 0 N–H and O–H groups in total. The van der Waals surface area contributed by atoms with E-state index in [2.05, 4.69) is 126 Å². The minimum atomic E-state index is 0.260. The molecular weight excluding hydrogens is 378 g/mol. The molecule has 0 amide bonds. The Morgan fingerprint density at radius 2 is 1.32 bits per heavy atom. The molecule has 0 bridgehead atoms. The van der Waals surface area contributed by atoms with E-state index in [1.165, 1.54) is 50.1 Å². The molecule has 0 spiro atoms. The van der Waals surface area contributed by atoms with Crippen molar-refractivity contribution < 1.29 is 0 Å². The largest absolute Gasteiger partial charge is 0.353 e. The molecule has 4 aromatic carbocycles. The monoisotopic (exact) mass is 403 g/mol. The maximum absolute atomic E-state index is 2.47. The van der Waals surface area contributed by atoms with E-state index in [0.29, 0.717) is 0 Å². The highest BCUT2D eigenvalue weighted by Gasteiger charge is 2.32. The van der Waals surface area contributed by atoms with Gasteiger partial charge in [-0.15, -0.1) is 0 Å². The Hall–Kier alpha value is -3.72. The zero-order valence-electron chi connectivity index (χ0n) is 18.1. The van der Waals surface area contributed by atoms with Crippen molar-refractivity contribution in [1.29, 1.82) is 0 Å². The maximum Gasteiger partial charge on any atom is 0.103 e. The van der Waals surface area contributed by atoms with Crippen molar-refractivity contribution in [2.75, 3.05) is 16.8 Å². The van der Waals surface area contributed by atoms with Crippen LogP contribution < -0.4 is 9.80 Å². The summed E-state index contributed by atoms with van der Waals surface area (Å²) in [6.45, 7) is 4.51. The molecular formula is C28H25N3. The van der Waals surface area contributed by atoms with Gasteiger partial charge in [0.25, 0.3) is 0 Å². The molecule has 3 nitrogen and oxygen atoms in total. The number of aromatic nitrogens is 1. The van der Waals surface area contributed by atoms with Crippen LogP contribution in [0.15, 0.2) is 91.0 Å². The maximum atomic E-state index is 2.47. The lowest BCUT2D eigenvalue weighted by molar-refractivity contribution is 0.733. The second-order valence-electron chi connectivity index (χ2n) is 8.45. The highest BCUT2D eigenvalue weighted by Crippen LogP contribution is 2.46. The Morgan fingerprint density at radius 1 is 0.645 bits per heavy atom. The van der Waals surface area contributed by atoms with E-state index in [1.807, 2.05) is 0 Å². The summed E-state index contributed by atoms with van der Waals surface area (Å²) < 4.78 is 2.38. The first-order valence-electron chi connectivity index (χ1n) is 10.9. The Morgan fingerprint density at radius 3 is 2.13 bits per heavy atom. The van der Waals surface area contributed by atoms with Crippen LogP contribution in [0.1, 0.15) is 12.5 Å². The Kier molecular flexibility index (Phi) is 3.87. The van der Waals surface area contributed by atoms with E-state index >= 15 is 0 Å². The molecule has 152 valence electrons. The second-order valence-corrected chi connectivity index (χ2v) is 8.45. The average molecular weight is 404 g/mol. The van der Waals surface area contributed by atoms with Crippen LogP contribution in [0.2, 0.25) is 0 Å². The van der Waals surface area contributed by atoms with Gasteiger partial charge < -0.3 is 14.4 Å². The lowest BCUT2D eigenvalue weighted by atomic mass is 10.1. The smallest absolute Gasteiger partial charge is 0.103 e. The fourth-order valence-corrected chi connectivity index (χ4v) is 5.10. The van der Waals surface area contributed by atoms with Crippen molar-refractivity contribution in [3.63, 3.8) is 0 Å². The first-order chi connectivity index (χ1) is 15.1. The molecule has 5 aromatic rings. The molecule has 0 fully saturated rings. The Labute approximate surface area is 182 Å². The van der Waals surface area contributed by atoms with Gasteiger partial charge in [0.15, 0.2) is 0 Å². The number of nitrogens with zero attached hydrogens (tertiary/aromatic N) is 3. The van der Waals surface area contributed by atoms with E-state index in [-0.39, 0.29) is 6.17 Å². The Bertz CT molecular complexity index is 1430. The quantitative estimate of drug-likeness (QED) is 0.314. The van der Waals surface area contributed by atoms with Crippen LogP contribution in [0.5, 0.6) is 0 Å². The zero-order valence-corrected chi connectivity index (χ0v) is 18.1. The van der Waals surface area contributed by atoms with Gasteiger partial charge in [0.05, 0.1) is 22.4 Å². The van der Waals surface area contributed by atoms with Gasteiger partial charge in [0, 0.05) is 29.2 Å². The van der Waals surface area contributed by atoms with Crippen LogP contribution >= 0.6 is 0 Å². The van der Waals surface area contributed by atoms with Gasteiger partial charge in [-0.1, -0.05) is 48.5 Å². The molecule has 1 atom stereocenters. The van der Waals surface area contributed by atoms with Crippen molar-refractivity contribution in [3.8, 4) is 5.69 Å². The highest BCUT2D eigenvalue weighted by atomic mass is 15.4. The summed E-state index contributed by atoms with van der Waals surface area (Å²) in [5.74, 6) is 0. The van der Waals surface area contributed by atoms with Crippen molar-refractivity contribution in [3.05, 3.63) is 96.6 Å². The number of aryl methyl sites for hydroxylation is 1. The molecule has 3 heteroatoms. The minimum absolute atomic E-state index is 0.260. The van der Waals surface area contributed by atoms with Crippen molar-refractivity contribution >= 4 is 38.9 Å². The van der Waals surface area contributed by atoms with Crippen LogP contribution in [-0.4, -0.2) is 17.8 Å². The first kappa shape index (κ1) is 18.1. The van der Waals surface area contributed by atoms with E-state index in [1.54, 1.807) is 0 Å². The second kappa shape index (κ2) is 6.64. The topological polar surface area (TPSA) is 11.4 Å². The lowest BCUT2D eigenvalue weighted by Crippen LogP contribution is -2.35. The van der Waals surface area contributed by atoms with Crippen molar-refractivity contribution in [1.82, 2.24) is 4.57 Å². The molecule has 1 unspecified atom stereocenters. The van der Waals surface area contributed by atoms with Gasteiger partial charge in [-0.05, 0) is 61.9 Å². The van der Waals surface area contributed by atoms with Gasteiger partial charge in [-0.25, -0.2) is 0 Å². The van der Waals surface area contributed by atoms with Crippen molar-refractivity contribution in [2.45, 2.75) is 20.0 Å². The SMILES string of the molecule is Cc1cc2c(cc1N1c3ccccc3N(C)C1C)c1ccccc1n2-c1ccccc1. The van der Waals surface area contributed by atoms with E-state index < -0.39 is 0 Å². The Balaban J connectivity index is 1.65. The van der Waals surface area contributed by atoms with Crippen LogP contribution in [0.25, 0.3) is 27.5 Å². The van der Waals surface area contributed by atoms with Crippen LogP contribution in [0.4, 0.5) is 17.1 Å². The highest BCUT2D eigenvalue weighted by molar-refractivity contribution is 6.11. The number of benzene rings is 4. The summed E-state index contributed by atoms with van der Waals surface area (Å²) in [5, 5.41) is 2.58. The van der Waals surface area contributed by atoms with Crippen LogP contribution in [0.3, 0.4) is 0 Å². The standard InChI is InChI=1S/C28H25N3/c1-19-17-28-23(18-27(19)30-20(2)29(3)25-15-9-10-16-26(25)30)22-13-7-8-14-24(22)31(28)21-11-5-4-6-12-21/h4-18,20H,1-3H3. The summed E-state index contributed by atoms with van der Waals surface area (Å²) in [5.41, 5.74) is 8.79. The molecule has 0 aliphatic carbocycles. The minimum Gasteiger partial charge on any atom is -0.353 e. The average Bonchev–Trinajstić information content (AvgIpc) is 3.25. The molecule has 6 rings (SSSR count).